The third-order valence-corrected chi connectivity index (χ3v) is 4.35. The van der Waals surface area contributed by atoms with E-state index in [4.69, 9.17) is 4.74 Å². The van der Waals surface area contributed by atoms with Crippen molar-refractivity contribution in [2.45, 2.75) is 11.2 Å². The zero-order valence-electron chi connectivity index (χ0n) is 7.13. The number of esters is 1. The highest BCUT2D eigenvalue weighted by molar-refractivity contribution is 8.01. The highest BCUT2D eigenvalue weighted by Crippen LogP contribution is 2.45. The molecule has 0 bridgehead atoms. The van der Waals surface area contributed by atoms with Crippen LogP contribution >= 0.6 is 11.8 Å². The first-order valence-corrected chi connectivity index (χ1v) is 5.19. The van der Waals surface area contributed by atoms with Crippen molar-refractivity contribution in [3.8, 4) is 0 Å². The second kappa shape index (κ2) is 2.92. The van der Waals surface area contributed by atoms with Gasteiger partial charge >= 0.3 is 5.97 Å². The summed E-state index contributed by atoms with van der Waals surface area (Å²) < 4.78 is 4.97. The van der Waals surface area contributed by atoms with Gasteiger partial charge in [0, 0.05) is 13.1 Å². The van der Waals surface area contributed by atoms with Gasteiger partial charge in [0.1, 0.15) is 0 Å². The van der Waals surface area contributed by atoms with Crippen molar-refractivity contribution >= 4 is 17.7 Å². The molecule has 1 spiro atoms. The molecule has 0 radical (unpaired) electrons. The molecule has 2 aliphatic rings. The van der Waals surface area contributed by atoms with E-state index >= 15 is 0 Å². The Balaban J connectivity index is 2.09. The molecule has 0 aliphatic carbocycles. The number of ether oxygens (including phenoxy) is 1. The Morgan fingerprint density at radius 3 is 2.92 bits per heavy atom. The number of thioether (sulfide) groups is 1. The molecule has 12 heavy (non-hydrogen) atoms. The predicted octanol–water partition coefficient (Wildman–Crippen LogP) is 0.254. The summed E-state index contributed by atoms with van der Waals surface area (Å²) in [6, 6.07) is 0. The SMILES string of the molecule is COC(=O)C1CCSC12CNC2. The zero-order valence-corrected chi connectivity index (χ0v) is 7.95. The minimum absolute atomic E-state index is 0.0264. The van der Waals surface area contributed by atoms with E-state index in [0.717, 1.165) is 25.3 Å². The van der Waals surface area contributed by atoms with E-state index in [-0.39, 0.29) is 16.6 Å². The Kier molecular flexibility index (Phi) is 2.04. The largest absolute Gasteiger partial charge is 0.469 e. The number of hydrogen-bond donors (Lipinski definition) is 1. The van der Waals surface area contributed by atoms with Crippen molar-refractivity contribution in [1.82, 2.24) is 5.32 Å². The molecule has 2 rings (SSSR count). The molecule has 0 aromatic heterocycles. The summed E-state index contributed by atoms with van der Waals surface area (Å²) in [5.74, 6) is 1.21. The molecule has 0 aromatic rings. The lowest BCUT2D eigenvalue weighted by Crippen LogP contribution is -2.61. The van der Waals surface area contributed by atoms with E-state index in [1.54, 1.807) is 0 Å². The van der Waals surface area contributed by atoms with Crippen molar-refractivity contribution in [2.75, 3.05) is 26.0 Å². The van der Waals surface area contributed by atoms with Crippen LogP contribution in [0.2, 0.25) is 0 Å². The zero-order chi connectivity index (χ0) is 8.60. The Hall–Kier alpha value is -0.220. The van der Waals surface area contributed by atoms with Crippen LogP contribution in [0.1, 0.15) is 6.42 Å². The van der Waals surface area contributed by atoms with E-state index in [2.05, 4.69) is 5.32 Å². The fourth-order valence-electron chi connectivity index (χ4n) is 1.94. The van der Waals surface area contributed by atoms with Gasteiger partial charge in [0.05, 0.1) is 17.8 Å². The van der Waals surface area contributed by atoms with Gasteiger partial charge in [0.15, 0.2) is 0 Å². The van der Waals surface area contributed by atoms with Gasteiger partial charge in [-0.25, -0.2) is 0 Å². The van der Waals surface area contributed by atoms with Crippen LogP contribution in [-0.2, 0) is 9.53 Å². The normalized spacial score (nSPS) is 31.6. The van der Waals surface area contributed by atoms with Gasteiger partial charge in [-0.2, -0.15) is 11.8 Å². The third kappa shape index (κ3) is 1.05. The minimum Gasteiger partial charge on any atom is -0.469 e. The number of nitrogens with one attached hydrogen (secondary N) is 1. The molecule has 0 amide bonds. The van der Waals surface area contributed by atoms with Gasteiger partial charge in [-0.05, 0) is 12.2 Å². The Labute approximate surface area is 76.2 Å². The summed E-state index contributed by atoms with van der Waals surface area (Å²) >= 11 is 1.92. The minimum atomic E-state index is -0.0264. The van der Waals surface area contributed by atoms with Gasteiger partial charge in [-0.15, -0.1) is 0 Å². The smallest absolute Gasteiger partial charge is 0.310 e. The molecule has 0 saturated carbocycles. The summed E-state index contributed by atoms with van der Waals surface area (Å²) in [5.41, 5.74) is 0. The molecule has 2 aliphatic heterocycles. The lowest BCUT2D eigenvalue weighted by molar-refractivity contribution is -0.147. The highest BCUT2D eigenvalue weighted by Gasteiger charge is 2.51. The van der Waals surface area contributed by atoms with E-state index in [1.165, 1.54) is 7.11 Å². The molecular weight excluding hydrogens is 174 g/mol. The average Bonchev–Trinajstić information content (AvgIpc) is 2.45. The Morgan fingerprint density at radius 2 is 2.42 bits per heavy atom. The first kappa shape index (κ1) is 8.38. The first-order chi connectivity index (χ1) is 5.78. The number of rotatable bonds is 1. The number of methoxy groups -OCH3 is 1. The molecular formula is C8H13NO2S. The van der Waals surface area contributed by atoms with Gasteiger partial charge < -0.3 is 10.1 Å². The summed E-state index contributed by atoms with van der Waals surface area (Å²) in [5, 5.41) is 3.22. The molecule has 4 heteroatoms. The van der Waals surface area contributed by atoms with Crippen LogP contribution in [0.25, 0.3) is 0 Å². The van der Waals surface area contributed by atoms with Gasteiger partial charge in [-0.3, -0.25) is 4.79 Å². The second-order valence-corrected chi connectivity index (χ2v) is 4.89. The van der Waals surface area contributed by atoms with Crippen molar-refractivity contribution in [3.63, 3.8) is 0 Å². The van der Waals surface area contributed by atoms with Crippen LogP contribution in [0.4, 0.5) is 0 Å². The molecule has 68 valence electrons. The number of carbonyl (C=O) groups is 1. The van der Waals surface area contributed by atoms with E-state index in [0.29, 0.717) is 0 Å². The molecule has 3 nitrogen and oxygen atoms in total. The summed E-state index contributed by atoms with van der Waals surface area (Å²) in [4.78, 5) is 11.4. The van der Waals surface area contributed by atoms with Gasteiger partial charge in [0.2, 0.25) is 0 Å². The van der Waals surface area contributed by atoms with Crippen LogP contribution in [0.15, 0.2) is 0 Å². The molecule has 2 heterocycles. The summed E-state index contributed by atoms with van der Waals surface area (Å²) in [7, 11) is 1.48. The van der Waals surface area contributed by atoms with E-state index < -0.39 is 0 Å². The molecule has 1 unspecified atom stereocenters. The molecule has 0 aromatic carbocycles. The monoisotopic (exact) mass is 187 g/mol. The van der Waals surface area contributed by atoms with Crippen molar-refractivity contribution < 1.29 is 9.53 Å². The van der Waals surface area contributed by atoms with E-state index in [9.17, 15) is 4.79 Å². The van der Waals surface area contributed by atoms with Crippen LogP contribution in [0.5, 0.6) is 0 Å². The average molecular weight is 187 g/mol. The van der Waals surface area contributed by atoms with Crippen LogP contribution in [0.3, 0.4) is 0 Å². The van der Waals surface area contributed by atoms with Crippen molar-refractivity contribution in [1.29, 1.82) is 0 Å². The van der Waals surface area contributed by atoms with Crippen LogP contribution in [0, 0.1) is 5.92 Å². The third-order valence-electron chi connectivity index (χ3n) is 2.77. The molecule has 1 N–H and O–H groups in total. The Bertz CT molecular complexity index is 203. The van der Waals surface area contributed by atoms with Crippen LogP contribution < -0.4 is 5.32 Å². The quantitative estimate of drug-likeness (QED) is 0.597. The van der Waals surface area contributed by atoms with Gasteiger partial charge in [-0.1, -0.05) is 0 Å². The maximum atomic E-state index is 11.4. The topological polar surface area (TPSA) is 38.3 Å². The van der Waals surface area contributed by atoms with Crippen molar-refractivity contribution in [3.05, 3.63) is 0 Å². The lowest BCUT2D eigenvalue weighted by Gasteiger charge is -2.41. The van der Waals surface area contributed by atoms with Crippen molar-refractivity contribution in [2.24, 2.45) is 5.92 Å². The number of hydrogen-bond acceptors (Lipinski definition) is 4. The lowest BCUT2D eigenvalue weighted by atomic mass is 9.85. The maximum absolute atomic E-state index is 11.4. The molecule has 1 atom stereocenters. The maximum Gasteiger partial charge on any atom is 0.310 e. The fraction of sp³-hybridized carbons (Fsp3) is 0.875. The molecule has 2 saturated heterocycles. The fourth-order valence-corrected chi connectivity index (χ4v) is 3.52. The standard InChI is InChI=1S/C8H13NO2S/c1-11-7(10)6-2-3-12-8(6)4-9-5-8/h6,9H,2-5H2,1H3. The van der Waals surface area contributed by atoms with E-state index in [1.807, 2.05) is 11.8 Å². The highest BCUT2D eigenvalue weighted by atomic mass is 32.2. The predicted molar refractivity (Wildman–Crippen MR) is 48.2 cm³/mol. The van der Waals surface area contributed by atoms with Gasteiger partial charge in [0.25, 0.3) is 0 Å². The molecule has 2 fully saturated rings. The van der Waals surface area contributed by atoms with Crippen LogP contribution in [-0.4, -0.2) is 36.7 Å². The first-order valence-electron chi connectivity index (χ1n) is 4.21. The number of carbonyl (C=O) groups excluding carboxylic acids is 1. The Morgan fingerprint density at radius 1 is 1.67 bits per heavy atom. The second-order valence-electron chi connectivity index (χ2n) is 3.38. The summed E-state index contributed by atoms with van der Waals surface area (Å²) in [6.45, 7) is 1.94. The summed E-state index contributed by atoms with van der Waals surface area (Å²) in [6.07, 6.45) is 0.985.